The second-order valence-corrected chi connectivity index (χ2v) is 2.30. The molecule has 0 bridgehead atoms. The summed E-state index contributed by atoms with van der Waals surface area (Å²) >= 11 is 0. The van der Waals surface area contributed by atoms with E-state index in [1.165, 1.54) is 12.3 Å². The van der Waals surface area contributed by atoms with Crippen LogP contribution in [0.25, 0.3) is 6.08 Å². The van der Waals surface area contributed by atoms with Gasteiger partial charge in [0, 0.05) is 24.4 Å². The number of nitrogens with zero attached hydrogens (tertiary/aromatic N) is 3. The number of nitro groups is 2. The van der Waals surface area contributed by atoms with Crippen molar-refractivity contribution in [1.29, 1.82) is 0 Å². The van der Waals surface area contributed by atoms with Crippen LogP contribution in [-0.4, -0.2) is 14.8 Å². The van der Waals surface area contributed by atoms with E-state index in [1.807, 2.05) is 0 Å². The molecule has 0 aliphatic carbocycles. The Morgan fingerprint density at radius 3 is 2.64 bits per heavy atom. The van der Waals surface area contributed by atoms with Gasteiger partial charge >= 0.3 is 0 Å². The molecule has 72 valence electrons. The van der Waals surface area contributed by atoms with Gasteiger partial charge in [-0.1, -0.05) is 0 Å². The van der Waals surface area contributed by atoms with E-state index < -0.39 is 9.85 Å². The molecule has 14 heavy (non-hydrogen) atoms. The summed E-state index contributed by atoms with van der Waals surface area (Å²) in [4.78, 5) is 22.7. The Bertz CT molecular complexity index is 402. The SMILES string of the molecule is O=[N+]([O-])C=Cc1cc([N+](=O)[O-])ccn1. The Hall–Kier alpha value is -2.31. The third-order valence-electron chi connectivity index (χ3n) is 1.34. The van der Waals surface area contributed by atoms with E-state index in [0.717, 1.165) is 12.1 Å². The van der Waals surface area contributed by atoms with Gasteiger partial charge in [0.1, 0.15) is 0 Å². The first-order chi connectivity index (χ1) is 6.59. The molecular weight excluding hydrogens is 190 g/mol. The van der Waals surface area contributed by atoms with Gasteiger partial charge in [0.05, 0.1) is 15.5 Å². The molecule has 0 amide bonds. The minimum atomic E-state index is -0.666. The Balaban J connectivity index is 2.94. The van der Waals surface area contributed by atoms with Gasteiger partial charge in [-0.2, -0.15) is 0 Å². The standard InChI is InChI=1S/C7H5N3O4/c11-9(12)4-2-6-5-7(10(13)14)1-3-8-6/h1-5H. The molecule has 0 N–H and O–H groups in total. The molecule has 0 radical (unpaired) electrons. The predicted octanol–water partition coefficient (Wildman–Crippen LogP) is 1.24. The monoisotopic (exact) mass is 195 g/mol. The lowest BCUT2D eigenvalue weighted by Crippen LogP contribution is -1.90. The Morgan fingerprint density at radius 1 is 1.36 bits per heavy atom. The maximum atomic E-state index is 10.3. The summed E-state index contributed by atoms with van der Waals surface area (Å²) < 4.78 is 0. The van der Waals surface area contributed by atoms with Crippen molar-refractivity contribution < 1.29 is 9.85 Å². The molecule has 1 aromatic heterocycles. The van der Waals surface area contributed by atoms with E-state index in [1.54, 1.807) is 0 Å². The highest BCUT2D eigenvalue weighted by atomic mass is 16.6. The largest absolute Gasteiger partial charge is 0.273 e. The van der Waals surface area contributed by atoms with Gasteiger partial charge in [-0.05, 0) is 0 Å². The molecule has 0 aliphatic heterocycles. The van der Waals surface area contributed by atoms with Crippen molar-refractivity contribution in [3.05, 3.63) is 50.5 Å². The van der Waals surface area contributed by atoms with Crippen LogP contribution >= 0.6 is 0 Å². The fourth-order valence-electron chi connectivity index (χ4n) is 0.779. The van der Waals surface area contributed by atoms with Crippen LogP contribution in [0.15, 0.2) is 24.5 Å². The van der Waals surface area contributed by atoms with Crippen molar-refractivity contribution in [2.45, 2.75) is 0 Å². The molecule has 0 saturated heterocycles. The molecule has 0 aromatic carbocycles. The third-order valence-corrected chi connectivity index (χ3v) is 1.34. The maximum absolute atomic E-state index is 10.3. The summed E-state index contributed by atoms with van der Waals surface area (Å²) in [7, 11) is 0. The Kier molecular flexibility index (Phi) is 2.85. The number of pyridine rings is 1. The van der Waals surface area contributed by atoms with Gasteiger partial charge < -0.3 is 0 Å². The maximum Gasteiger partial charge on any atom is 0.273 e. The molecule has 0 spiro atoms. The predicted molar refractivity (Wildman–Crippen MR) is 46.9 cm³/mol. The summed E-state index contributed by atoms with van der Waals surface area (Å²) in [6.45, 7) is 0. The lowest BCUT2D eigenvalue weighted by molar-refractivity contribution is -0.401. The summed E-state index contributed by atoms with van der Waals surface area (Å²) in [5.41, 5.74) is 0.0268. The van der Waals surface area contributed by atoms with Crippen LogP contribution in [0.1, 0.15) is 5.69 Å². The first-order valence-electron chi connectivity index (χ1n) is 3.52. The molecule has 0 unspecified atom stereocenters. The summed E-state index contributed by atoms with van der Waals surface area (Å²) in [6, 6.07) is 2.36. The van der Waals surface area contributed by atoms with Crippen molar-refractivity contribution in [2.75, 3.05) is 0 Å². The molecule has 0 fully saturated rings. The van der Waals surface area contributed by atoms with Crippen LogP contribution in [0.3, 0.4) is 0 Å². The zero-order chi connectivity index (χ0) is 10.6. The fourth-order valence-corrected chi connectivity index (χ4v) is 0.779. The highest BCUT2D eigenvalue weighted by Crippen LogP contribution is 2.11. The van der Waals surface area contributed by atoms with E-state index >= 15 is 0 Å². The van der Waals surface area contributed by atoms with Gasteiger partial charge in [0.15, 0.2) is 0 Å². The van der Waals surface area contributed by atoms with Gasteiger partial charge in [0.25, 0.3) is 5.69 Å². The number of rotatable bonds is 3. The van der Waals surface area contributed by atoms with Crippen LogP contribution in [0.4, 0.5) is 5.69 Å². The van der Waals surface area contributed by atoms with Crippen LogP contribution in [0, 0.1) is 20.2 Å². The fraction of sp³-hybridized carbons (Fsp3) is 0. The molecule has 1 rings (SSSR count). The molecule has 1 aromatic rings. The van der Waals surface area contributed by atoms with Crippen molar-refractivity contribution in [3.63, 3.8) is 0 Å². The number of hydrogen-bond donors (Lipinski definition) is 0. The third kappa shape index (κ3) is 2.63. The molecule has 1 heterocycles. The highest BCUT2D eigenvalue weighted by Gasteiger charge is 2.05. The molecule has 0 atom stereocenters. The zero-order valence-corrected chi connectivity index (χ0v) is 6.86. The van der Waals surface area contributed by atoms with Crippen LogP contribution in [-0.2, 0) is 0 Å². The topological polar surface area (TPSA) is 99.2 Å². The molecule has 7 nitrogen and oxygen atoms in total. The summed E-state index contributed by atoms with van der Waals surface area (Å²) in [5.74, 6) is 0. The van der Waals surface area contributed by atoms with Gasteiger partial charge in [-0.25, -0.2) is 0 Å². The van der Waals surface area contributed by atoms with E-state index in [9.17, 15) is 20.2 Å². The van der Waals surface area contributed by atoms with Gasteiger partial charge in [0.2, 0.25) is 6.20 Å². The van der Waals surface area contributed by atoms with Crippen molar-refractivity contribution in [3.8, 4) is 0 Å². The average molecular weight is 195 g/mol. The average Bonchev–Trinajstić information content (AvgIpc) is 2.15. The van der Waals surface area contributed by atoms with Crippen LogP contribution in [0.2, 0.25) is 0 Å². The quantitative estimate of drug-likeness (QED) is 0.533. The normalized spacial score (nSPS) is 10.3. The lowest BCUT2D eigenvalue weighted by atomic mass is 10.3. The molecule has 0 saturated carbocycles. The first kappa shape index (κ1) is 9.78. The van der Waals surface area contributed by atoms with E-state index in [4.69, 9.17) is 0 Å². The van der Waals surface area contributed by atoms with E-state index in [2.05, 4.69) is 4.98 Å². The smallest absolute Gasteiger partial charge is 0.259 e. The second-order valence-electron chi connectivity index (χ2n) is 2.30. The Morgan fingerprint density at radius 2 is 2.07 bits per heavy atom. The minimum absolute atomic E-state index is 0.150. The van der Waals surface area contributed by atoms with Crippen LogP contribution < -0.4 is 0 Å². The van der Waals surface area contributed by atoms with Crippen molar-refractivity contribution >= 4 is 11.8 Å². The first-order valence-corrected chi connectivity index (χ1v) is 3.52. The highest BCUT2D eigenvalue weighted by molar-refractivity contribution is 5.47. The summed E-state index contributed by atoms with van der Waals surface area (Å²) in [5, 5.41) is 20.3. The van der Waals surface area contributed by atoms with E-state index in [0.29, 0.717) is 6.20 Å². The van der Waals surface area contributed by atoms with Gasteiger partial charge in [-0.3, -0.25) is 25.2 Å². The lowest BCUT2D eigenvalue weighted by Gasteiger charge is -1.91. The zero-order valence-electron chi connectivity index (χ0n) is 6.86. The molecular formula is C7H5N3O4. The number of hydrogen-bond acceptors (Lipinski definition) is 5. The van der Waals surface area contributed by atoms with Crippen LogP contribution in [0.5, 0.6) is 0 Å². The number of aromatic nitrogens is 1. The second kappa shape index (κ2) is 4.08. The Labute approximate surface area is 78.0 Å². The van der Waals surface area contributed by atoms with Gasteiger partial charge in [-0.15, -0.1) is 0 Å². The molecule has 7 heteroatoms. The summed E-state index contributed by atoms with van der Waals surface area (Å²) in [6.07, 6.45) is 2.98. The molecule has 0 aliphatic rings. The van der Waals surface area contributed by atoms with E-state index in [-0.39, 0.29) is 11.4 Å². The van der Waals surface area contributed by atoms with Crippen molar-refractivity contribution in [1.82, 2.24) is 4.98 Å². The minimum Gasteiger partial charge on any atom is -0.259 e. The van der Waals surface area contributed by atoms with Crippen molar-refractivity contribution in [2.24, 2.45) is 0 Å².